The summed E-state index contributed by atoms with van der Waals surface area (Å²) in [5.41, 5.74) is 0.676. The first-order valence-corrected chi connectivity index (χ1v) is 12.8. The Labute approximate surface area is 196 Å². The third-order valence-electron chi connectivity index (χ3n) is 6.40. The van der Waals surface area contributed by atoms with Crippen molar-refractivity contribution in [1.82, 2.24) is 19.4 Å². The van der Waals surface area contributed by atoms with E-state index in [4.69, 9.17) is 0 Å². The first kappa shape index (κ1) is 25.2. The van der Waals surface area contributed by atoms with Crippen molar-refractivity contribution in [2.45, 2.75) is 57.9 Å². The quantitative estimate of drug-likeness (QED) is 0.602. The molecule has 0 aliphatic carbocycles. The predicted molar refractivity (Wildman–Crippen MR) is 124 cm³/mol. The third kappa shape index (κ3) is 5.22. The van der Waals surface area contributed by atoms with Crippen molar-refractivity contribution in [3.63, 3.8) is 0 Å². The number of imide groups is 1. The number of aryl methyl sites for hydroxylation is 2. The highest BCUT2D eigenvalue weighted by atomic mass is 32.2. The molecule has 0 radical (unpaired) electrons. The molecule has 1 aromatic rings. The number of urea groups is 1. The molecule has 182 valence electrons. The van der Waals surface area contributed by atoms with Crippen LogP contribution in [0, 0.1) is 19.8 Å². The van der Waals surface area contributed by atoms with Gasteiger partial charge < -0.3 is 10.2 Å². The summed E-state index contributed by atoms with van der Waals surface area (Å²) in [4.78, 5) is 40.8. The van der Waals surface area contributed by atoms with Gasteiger partial charge in [0.05, 0.1) is 4.90 Å². The highest BCUT2D eigenvalue weighted by Gasteiger charge is 2.48. The molecule has 3 rings (SSSR count). The van der Waals surface area contributed by atoms with E-state index in [0.29, 0.717) is 17.9 Å². The minimum absolute atomic E-state index is 0.160. The van der Waals surface area contributed by atoms with Crippen LogP contribution in [-0.2, 0) is 19.6 Å². The number of piperazine rings is 1. The van der Waals surface area contributed by atoms with Gasteiger partial charge in [0.2, 0.25) is 15.9 Å². The molecule has 0 spiro atoms. The summed E-state index contributed by atoms with van der Waals surface area (Å²) >= 11 is 0. The number of hydrogen-bond acceptors (Lipinski definition) is 5. The van der Waals surface area contributed by atoms with Gasteiger partial charge in [0, 0.05) is 26.2 Å². The molecule has 0 unspecified atom stereocenters. The summed E-state index contributed by atoms with van der Waals surface area (Å²) < 4.78 is 27.5. The van der Waals surface area contributed by atoms with Gasteiger partial charge in [-0.3, -0.25) is 14.5 Å². The molecule has 0 saturated carbocycles. The molecule has 4 amide bonds. The first-order chi connectivity index (χ1) is 15.3. The van der Waals surface area contributed by atoms with E-state index in [1.807, 2.05) is 26.8 Å². The first-order valence-electron chi connectivity index (χ1n) is 11.3. The van der Waals surface area contributed by atoms with Crippen LogP contribution in [0.15, 0.2) is 23.1 Å². The Hall–Kier alpha value is -2.46. The lowest BCUT2D eigenvalue weighted by molar-refractivity contribution is -0.139. The van der Waals surface area contributed by atoms with Crippen LogP contribution < -0.4 is 5.32 Å². The van der Waals surface area contributed by atoms with E-state index >= 15 is 0 Å². The molecule has 2 aliphatic rings. The predicted octanol–water partition coefficient (Wildman–Crippen LogP) is 1.88. The van der Waals surface area contributed by atoms with E-state index in [1.54, 1.807) is 26.0 Å². The Balaban J connectivity index is 1.60. The number of carbonyl (C=O) groups is 3. The molecule has 10 heteroatoms. The van der Waals surface area contributed by atoms with Gasteiger partial charge in [-0.25, -0.2) is 13.2 Å². The molecule has 0 aromatic heterocycles. The molecule has 33 heavy (non-hydrogen) atoms. The Bertz CT molecular complexity index is 1050. The van der Waals surface area contributed by atoms with Crippen LogP contribution in [0.3, 0.4) is 0 Å². The smallest absolute Gasteiger partial charge is 0.325 e. The fourth-order valence-corrected chi connectivity index (χ4v) is 5.91. The zero-order valence-electron chi connectivity index (χ0n) is 20.1. The fourth-order valence-electron chi connectivity index (χ4n) is 4.28. The number of nitrogens with one attached hydrogen (secondary N) is 1. The average molecular weight is 479 g/mol. The van der Waals surface area contributed by atoms with Crippen LogP contribution in [0.1, 0.15) is 44.7 Å². The van der Waals surface area contributed by atoms with Crippen molar-refractivity contribution >= 4 is 27.9 Å². The zero-order valence-corrected chi connectivity index (χ0v) is 20.9. The van der Waals surface area contributed by atoms with Gasteiger partial charge in [-0.05, 0) is 51.2 Å². The lowest BCUT2D eigenvalue weighted by atomic mass is 9.92. The monoisotopic (exact) mass is 478 g/mol. The topological polar surface area (TPSA) is 107 Å². The van der Waals surface area contributed by atoms with E-state index < -0.39 is 27.5 Å². The number of rotatable bonds is 7. The van der Waals surface area contributed by atoms with Gasteiger partial charge in [-0.15, -0.1) is 0 Å². The summed E-state index contributed by atoms with van der Waals surface area (Å²) in [7, 11) is -3.66. The minimum atomic E-state index is -3.66. The van der Waals surface area contributed by atoms with Crippen molar-refractivity contribution in [3.05, 3.63) is 29.3 Å². The van der Waals surface area contributed by atoms with Crippen molar-refractivity contribution in [1.29, 1.82) is 0 Å². The molecule has 9 nitrogen and oxygen atoms in total. The number of carbonyl (C=O) groups excluding carboxylic acids is 3. The maximum Gasteiger partial charge on any atom is 0.325 e. The van der Waals surface area contributed by atoms with E-state index in [0.717, 1.165) is 16.9 Å². The number of benzene rings is 1. The second-order valence-corrected chi connectivity index (χ2v) is 11.5. The second-order valence-electron chi connectivity index (χ2n) is 9.64. The van der Waals surface area contributed by atoms with Crippen LogP contribution in [0.4, 0.5) is 4.79 Å². The third-order valence-corrected chi connectivity index (χ3v) is 8.46. The summed E-state index contributed by atoms with van der Waals surface area (Å²) in [6.45, 7) is 9.86. The minimum Gasteiger partial charge on any atom is -0.338 e. The molecular formula is C23H34N4O5S. The normalized spacial score (nSPS) is 22.2. The van der Waals surface area contributed by atoms with Crippen molar-refractivity contribution in [2.24, 2.45) is 5.92 Å². The summed E-state index contributed by atoms with van der Waals surface area (Å²) in [6.07, 6.45) is 1.29. The molecule has 1 atom stereocenters. The van der Waals surface area contributed by atoms with E-state index in [9.17, 15) is 22.8 Å². The summed E-state index contributed by atoms with van der Waals surface area (Å²) in [5, 5.41) is 2.73. The van der Waals surface area contributed by atoms with Crippen molar-refractivity contribution in [3.8, 4) is 0 Å². The lowest BCUT2D eigenvalue weighted by Gasteiger charge is -2.34. The Morgan fingerprint density at radius 2 is 1.76 bits per heavy atom. The van der Waals surface area contributed by atoms with Crippen LogP contribution >= 0.6 is 0 Å². The molecule has 2 aliphatic heterocycles. The van der Waals surface area contributed by atoms with Gasteiger partial charge in [-0.1, -0.05) is 31.5 Å². The van der Waals surface area contributed by atoms with Crippen LogP contribution in [0.25, 0.3) is 0 Å². The molecular weight excluding hydrogens is 444 g/mol. The SMILES string of the molecule is Cc1ccc(S(=O)(=O)N2CCN(C(=O)CN3C(=O)N[C@](C)(CCC(C)C)C3=O)CC2)c(C)c1. The van der Waals surface area contributed by atoms with E-state index in [-0.39, 0.29) is 43.5 Å². The van der Waals surface area contributed by atoms with E-state index in [1.165, 1.54) is 9.21 Å². The average Bonchev–Trinajstić information content (AvgIpc) is 2.95. The van der Waals surface area contributed by atoms with Crippen LogP contribution in [-0.4, -0.2) is 78.6 Å². The number of hydrogen-bond donors (Lipinski definition) is 1. The molecule has 1 aromatic carbocycles. The highest BCUT2D eigenvalue weighted by Crippen LogP contribution is 2.25. The maximum atomic E-state index is 13.1. The highest BCUT2D eigenvalue weighted by molar-refractivity contribution is 7.89. The van der Waals surface area contributed by atoms with Crippen molar-refractivity contribution in [2.75, 3.05) is 32.7 Å². The fraction of sp³-hybridized carbons (Fsp3) is 0.609. The largest absolute Gasteiger partial charge is 0.338 e. The Morgan fingerprint density at radius 3 is 2.33 bits per heavy atom. The summed E-state index contributed by atoms with van der Waals surface area (Å²) in [5.74, 6) is -0.369. The molecule has 2 heterocycles. The number of sulfonamides is 1. The second kappa shape index (κ2) is 9.42. The van der Waals surface area contributed by atoms with Crippen LogP contribution in [0.2, 0.25) is 0 Å². The van der Waals surface area contributed by atoms with Crippen molar-refractivity contribution < 1.29 is 22.8 Å². The molecule has 1 N–H and O–H groups in total. The Morgan fingerprint density at radius 1 is 1.12 bits per heavy atom. The van der Waals surface area contributed by atoms with Gasteiger partial charge >= 0.3 is 6.03 Å². The number of nitrogens with zero attached hydrogens (tertiary/aromatic N) is 3. The van der Waals surface area contributed by atoms with Gasteiger partial charge in [0.1, 0.15) is 12.1 Å². The molecule has 0 bridgehead atoms. The number of amides is 4. The van der Waals surface area contributed by atoms with Gasteiger partial charge in [-0.2, -0.15) is 4.31 Å². The standard InChI is InChI=1S/C23H34N4O5S/c1-16(2)8-9-23(5)21(29)27(22(30)24-23)15-20(28)25-10-12-26(13-11-25)33(31,32)19-7-6-17(3)14-18(19)4/h6-7,14,16H,8-13,15H2,1-5H3,(H,24,30)/t23-/m1/s1. The van der Waals surface area contributed by atoms with Gasteiger partial charge in [0.15, 0.2) is 0 Å². The van der Waals surface area contributed by atoms with E-state index in [2.05, 4.69) is 5.32 Å². The van der Waals surface area contributed by atoms with Gasteiger partial charge in [0.25, 0.3) is 5.91 Å². The maximum absolute atomic E-state index is 13.1. The zero-order chi connectivity index (χ0) is 24.6. The lowest BCUT2D eigenvalue weighted by Crippen LogP contribution is -2.53. The summed E-state index contributed by atoms with van der Waals surface area (Å²) in [6, 6.07) is 4.66. The Kier molecular flexibility index (Phi) is 7.18. The molecule has 2 fully saturated rings. The van der Waals surface area contributed by atoms with Crippen LogP contribution in [0.5, 0.6) is 0 Å². The molecule has 2 saturated heterocycles.